The second-order valence-corrected chi connectivity index (χ2v) is 2.57. The first-order valence-corrected chi connectivity index (χ1v) is 3.90. The summed E-state index contributed by atoms with van der Waals surface area (Å²) in [5.74, 6) is 6.35. The van der Waals surface area contributed by atoms with Crippen molar-refractivity contribution in [1.82, 2.24) is 10.2 Å². The van der Waals surface area contributed by atoms with E-state index in [-0.39, 0.29) is 31.4 Å². The number of nitrogen functional groups attached to an aromatic ring is 1. The lowest BCUT2D eigenvalue weighted by Crippen LogP contribution is -2.22. The maximum absolute atomic E-state index is 8.68. The molecular formula is C7H15Cl2N5O. The maximum atomic E-state index is 8.68. The van der Waals surface area contributed by atoms with Crippen LogP contribution in [0, 0.1) is 0 Å². The van der Waals surface area contributed by atoms with Gasteiger partial charge >= 0.3 is 0 Å². The van der Waals surface area contributed by atoms with Crippen molar-refractivity contribution in [2.75, 3.05) is 30.5 Å². The number of anilines is 2. The summed E-state index contributed by atoms with van der Waals surface area (Å²) >= 11 is 0. The maximum Gasteiger partial charge on any atom is 0.162 e. The van der Waals surface area contributed by atoms with Gasteiger partial charge in [0.15, 0.2) is 11.6 Å². The highest BCUT2D eigenvalue weighted by atomic mass is 35.5. The quantitative estimate of drug-likeness (QED) is 0.520. The molecule has 0 saturated heterocycles. The van der Waals surface area contributed by atoms with E-state index in [1.807, 2.05) is 7.05 Å². The highest BCUT2D eigenvalue weighted by Crippen LogP contribution is 2.08. The Bertz CT molecular complexity index is 258. The second-order valence-electron chi connectivity index (χ2n) is 2.57. The number of hydrazine groups is 1. The Kier molecular flexibility index (Phi) is 9.39. The summed E-state index contributed by atoms with van der Waals surface area (Å²) in [7, 11) is 1.83. The minimum absolute atomic E-state index is 0. The summed E-state index contributed by atoms with van der Waals surface area (Å²) in [4.78, 5) is 1.80. The Balaban J connectivity index is 0. The molecule has 0 bridgehead atoms. The molecule has 8 heteroatoms. The van der Waals surface area contributed by atoms with Crippen molar-refractivity contribution in [2.45, 2.75) is 0 Å². The topological polar surface area (TPSA) is 87.3 Å². The van der Waals surface area contributed by atoms with Gasteiger partial charge in [-0.05, 0) is 12.1 Å². The number of nitrogens with zero attached hydrogens (tertiary/aromatic N) is 3. The van der Waals surface area contributed by atoms with Crippen LogP contribution >= 0.6 is 24.8 Å². The summed E-state index contributed by atoms with van der Waals surface area (Å²) in [5.41, 5.74) is 2.38. The van der Waals surface area contributed by atoms with Gasteiger partial charge < -0.3 is 15.4 Å². The van der Waals surface area contributed by atoms with E-state index < -0.39 is 0 Å². The first-order valence-electron chi connectivity index (χ1n) is 3.90. The van der Waals surface area contributed by atoms with Gasteiger partial charge in [0.05, 0.1) is 6.61 Å². The number of halogens is 2. The molecule has 1 heterocycles. The number of aliphatic hydroxyl groups excluding tert-OH is 1. The van der Waals surface area contributed by atoms with Gasteiger partial charge in [-0.2, -0.15) is 0 Å². The summed E-state index contributed by atoms with van der Waals surface area (Å²) in [5, 5.41) is 16.4. The van der Waals surface area contributed by atoms with E-state index in [4.69, 9.17) is 10.9 Å². The predicted molar refractivity (Wildman–Crippen MR) is 64.7 cm³/mol. The molecule has 0 spiro atoms. The largest absolute Gasteiger partial charge is 0.395 e. The normalized spacial score (nSPS) is 8.47. The van der Waals surface area contributed by atoms with Crippen molar-refractivity contribution in [3.05, 3.63) is 12.1 Å². The van der Waals surface area contributed by atoms with Gasteiger partial charge in [0.1, 0.15) is 0 Å². The van der Waals surface area contributed by atoms with Crippen LogP contribution in [0.4, 0.5) is 11.6 Å². The Hall–Kier alpha value is -0.820. The fourth-order valence-corrected chi connectivity index (χ4v) is 0.870. The molecule has 0 aliphatic heterocycles. The van der Waals surface area contributed by atoms with Crippen LogP contribution in [0.15, 0.2) is 12.1 Å². The van der Waals surface area contributed by atoms with Crippen LogP contribution in [0.1, 0.15) is 0 Å². The third kappa shape index (κ3) is 4.98. The minimum atomic E-state index is 0. The number of likely N-dealkylation sites (N-methyl/N-ethyl adjacent to an activating group) is 1. The van der Waals surface area contributed by atoms with Gasteiger partial charge in [0.2, 0.25) is 0 Å². The molecule has 0 atom stereocenters. The predicted octanol–water partition coefficient (Wildman–Crippen LogP) is 0.0343. The summed E-state index contributed by atoms with van der Waals surface area (Å²) in [6.45, 7) is 0.624. The Morgan fingerprint density at radius 1 is 1.40 bits per heavy atom. The minimum Gasteiger partial charge on any atom is -0.395 e. The van der Waals surface area contributed by atoms with E-state index in [9.17, 15) is 0 Å². The molecule has 1 rings (SSSR count). The number of nitrogens with one attached hydrogen (secondary N) is 1. The van der Waals surface area contributed by atoms with Crippen molar-refractivity contribution in [3.63, 3.8) is 0 Å². The molecule has 0 aliphatic carbocycles. The van der Waals surface area contributed by atoms with Gasteiger partial charge in [0, 0.05) is 13.6 Å². The third-order valence-electron chi connectivity index (χ3n) is 1.62. The molecule has 6 nitrogen and oxygen atoms in total. The lowest BCUT2D eigenvalue weighted by molar-refractivity contribution is 0.303. The van der Waals surface area contributed by atoms with Crippen molar-refractivity contribution in [1.29, 1.82) is 0 Å². The molecule has 0 amide bonds. The molecule has 1 aromatic rings. The molecule has 1 aromatic heterocycles. The van der Waals surface area contributed by atoms with Crippen molar-refractivity contribution in [2.24, 2.45) is 5.84 Å². The smallest absolute Gasteiger partial charge is 0.162 e. The van der Waals surface area contributed by atoms with Crippen LogP contribution in [-0.2, 0) is 0 Å². The van der Waals surface area contributed by atoms with Crippen LogP contribution in [0.2, 0.25) is 0 Å². The molecule has 0 saturated carbocycles. The molecule has 88 valence electrons. The average molecular weight is 256 g/mol. The van der Waals surface area contributed by atoms with Crippen molar-refractivity contribution in [3.8, 4) is 0 Å². The molecule has 15 heavy (non-hydrogen) atoms. The zero-order valence-electron chi connectivity index (χ0n) is 8.25. The van der Waals surface area contributed by atoms with Gasteiger partial charge in [-0.15, -0.1) is 35.0 Å². The number of hydrogen-bond acceptors (Lipinski definition) is 6. The Morgan fingerprint density at radius 3 is 2.47 bits per heavy atom. The van der Waals surface area contributed by atoms with E-state index in [1.165, 1.54) is 0 Å². The first kappa shape index (κ1) is 16.6. The number of aliphatic hydroxyl groups is 1. The zero-order chi connectivity index (χ0) is 9.68. The SMILES string of the molecule is CN(CCO)c1ccc(NN)nn1.Cl.Cl. The number of hydrogen-bond donors (Lipinski definition) is 3. The zero-order valence-corrected chi connectivity index (χ0v) is 9.88. The van der Waals surface area contributed by atoms with Gasteiger partial charge in [-0.3, -0.25) is 0 Å². The van der Waals surface area contributed by atoms with E-state index in [1.54, 1.807) is 17.0 Å². The lowest BCUT2D eigenvalue weighted by atomic mass is 10.4. The highest BCUT2D eigenvalue weighted by molar-refractivity contribution is 5.85. The highest BCUT2D eigenvalue weighted by Gasteiger charge is 2.01. The second kappa shape index (κ2) is 8.49. The molecular weight excluding hydrogens is 241 g/mol. The molecule has 0 radical (unpaired) electrons. The number of rotatable bonds is 4. The number of aromatic nitrogens is 2. The van der Waals surface area contributed by atoms with E-state index in [2.05, 4.69) is 15.6 Å². The van der Waals surface area contributed by atoms with Crippen LogP contribution in [-0.4, -0.2) is 35.5 Å². The van der Waals surface area contributed by atoms with E-state index in [0.29, 0.717) is 18.2 Å². The molecule has 0 aliphatic rings. The summed E-state index contributed by atoms with van der Waals surface area (Å²) in [6, 6.07) is 3.49. The van der Waals surface area contributed by atoms with Crippen LogP contribution < -0.4 is 16.2 Å². The number of nitrogens with two attached hydrogens (primary N) is 1. The summed E-state index contributed by atoms with van der Waals surface area (Å²) in [6.07, 6.45) is 0. The van der Waals surface area contributed by atoms with E-state index in [0.717, 1.165) is 0 Å². The molecule has 0 unspecified atom stereocenters. The Morgan fingerprint density at radius 2 is 2.07 bits per heavy atom. The molecule has 0 fully saturated rings. The van der Waals surface area contributed by atoms with Crippen molar-refractivity contribution < 1.29 is 5.11 Å². The standard InChI is InChI=1S/C7H13N5O.2ClH/c1-12(4-5-13)7-3-2-6(9-8)10-11-7;;/h2-3,13H,4-5,8H2,1H3,(H,9,10);2*1H. The first-order chi connectivity index (χ1) is 6.27. The third-order valence-corrected chi connectivity index (χ3v) is 1.62. The lowest BCUT2D eigenvalue weighted by Gasteiger charge is -2.15. The van der Waals surface area contributed by atoms with Crippen LogP contribution in [0.5, 0.6) is 0 Å². The molecule has 0 aromatic carbocycles. The van der Waals surface area contributed by atoms with Gasteiger partial charge in [-0.25, -0.2) is 5.84 Å². The molecule has 4 N–H and O–H groups in total. The van der Waals surface area contributed by atoms with E-state index >= 15 is 0 Å². The fraction of sp³-hybridized carbons (Fsp3) is 0.429. The van der Waals surface area contributed by atoms with Gasteiger partial charge in [-0.1, -0.05) is 0 Å². The average Bonchev–Trinajstić information content (AvgIpc) is 2.18. The van der Waals surface area contributed by atoms with Crippen molar-refractivity contribution >= 4 is 36.4 Å². The monoisotopic (exact) mass is 255 g/mol. The fourth-order valence-electron chi connectivity index (χ4n) is 0.870. The Labute approximate surface area is 101 Å². The summed E-state index contributed by atoms with van der Waals surface area (Å²) < 4.78 is 0. The van der Waals surface area contributed by atoms with Crippen LogP contribution in [0.25, 0.3) is 0 Å². The van der Waals surface area contributed by atoms with Crippen LogP contribution in [0.3, 0.4) is 0 Å². The van der Waals surface area contributed by atoms with Gasteiger partial charge in [0.25, 0.3) is 0 Å².